The average molecular weight is 443 g/mol. The summed E-state index contributed by atoms with van der Waals surface area (Å²) in [6, 6.07) is 3.82. The number of aliphatic carboxylic acids is 1. The van der Waals surface area contributed by atoms with Gasteiger partial charge in [-0.2, -0.15) is 13.2 Å². The van der Waals surface area contributed by atoms with Gasteiger partial charge in [-0.15, -0.1) is 5.10 Å². The molecule has 0 radical (unpaired) electrons. The number of pyridine rings is 1. The van der Waals surface area contributed by atoms with E-state index in [1.807, 2.05) is 16.8 Å². The number of aromatic nitrogens is 4. The highest BCUT2D eigenvalue weighted by molar-refractivity contribution is 5.79. The Morgan fingerprint density at radius 3 is 2.74 bits per heavy atom. The van der Waals surface area contributed by atoms with Crippen molar-refractivity contribution in [2.75, 3.05) is 19.8 Å². The molecule has 1 fully saturated rings. The highest BCUT2D eigenvalue weighted by atomic mass is 19.4. The van der Waals surface area contributed by atoms with Crippen LogP contribution in [0.5, 0.6) is 0 Å². The van der Waals surface area contributed by atoms with E-state index in [1.165, 1.54) is 0 Å². The lowest BCUT2D eigenvalue weighted by molar-refractivity contribution is -0.192. The molecule has 2 aromatic heterocycles. The minimum atomic E-state index is -5.08. The number of carboxylic acids is 1. The number of rotatable bonds is 4. The van der Waals surface area contributed by atoms with Crippen LogP contribution in [0.1, 0.15) is 12.1 Å². The molecular formula is C18H20F3N5O5. The van der Waals surface area contributed by atoms with Gasteiger partial charge in [-0.05, 0) is 18.6 Å². The molecule has 2 aliphatic rings. The molecule has 10 nitrogen and oxygen atoms in total. The quantitative estimate of drug-likeness (QED) is 0.717. The van der Waals surface area contributed by atoms with E-state index >= 15 is 0 Å². The van der Waals surface area contributed by atoms with Crippen molar-refractivity contribution in [2.45, 2.75) is 31.9 Å². The Bertz CT molecular complexity index is 900. The number of fused-ring (bicyclic) bond motifs is 1. The second-order valence-electron chi connectivity index (χ2n) is 6.85. The standard InChI is InChI=1S/C16H19N5O3.C2HF3O2/c22-16(12-3-5-23-9-12)18-7-13-8-21-14(10-24-13)15(19-20-21)11-2-1-4-17-6-11;3-2(4,5)1(6)7/h1-2,4,6,12-13H,3,5,7-10H2,(H,18,22);(H,6,7). The van der Waals surface area contributed by atoms with Crippen molar-refractivity contribution < 1.29 is 37.3 Å². The first-order valence-corrected chi connectivity index (χ1v) is 9.35. The Morgan fingerprint density at radius 2 is 2.13 bits per heavy atom. The van der Waals surface area contributed by atoms with Crippen LogP contribution in [0.25, 0.3) is 11.3 Å². The van der Waals surface area contributed by atoms with E-state index in [0.717, 1.165) is 23.4 Å². The molecule has 168 valence electrons. The van der Waals surface area contributed by atoms with Crippen molar-refractivity contribution in [3.8, 4) is 11.3 Å². The lowest BCUT2D eigenvalue weighted by Gasteiger charge is -2.24. The number of ether oxygens (including phenoxy) is 2. The fourth-order valence-corrected chi connectivity index (χ4v) is 3.02. The van der Waals surface area contributed by atoms with E-state index in [2.05, 4.69) is 20.6 Å². The first kappa shape index (κ1) is 22.6. The second-order valence-corrected chi connectivity index (χ2v) is 6.85. The van der Waals surface area contributed by atoms with Crippen molar-refractivity contribution in [3.63, 3.8) is 0 Å². The average Bonchev–Trinajstić information content (AvgIpc) is 3.42. The van der Waals surface area contributed by atoms with Gasteiger partial charge in [0.15, 0.2) is 0 Å². The van der Waals surface area contributed by atoms with E-state index < -0.39 is 12.1 Å². The van der Waals surface area contributed by atoms with Crippen LogP contribution in [0.2, 0.25) is 0 Å². The lowest BCUT2D eigenvalue weighted by Crippen LogP contribution is -2.41. The largest absolute Gasteiger partial charge is 0.490 e. The van der Waals surface area contributed by atoms with Gasteiger partial charge in [-0.25, -0.2) is 9.48 Å². The number of nitrogens with one attached hydrogen (secondary N) is 1. The summed E-state index contributed by atoms with van der Waals surface area (Å²) < 4.78 is 44.7. The SMILES string of the molecule is O=C(NCC1Cn2nnc(-c3cccnc3)c2CO1)C1CCOC1.O=C(O)C(F)(F)F. The molecule has 2 aromatic rings. The van der Waals surface area contributed by atoms with Gasteiger partial charge < -0.3 is 19.9 Å². The van der Waals surface area contributed by atoms with Crippen LogP contribution >= 0.6 is 0 Å². The molecule has 0 bridgehead atoms. The maximum absolute atomic E-state index is 12.0. The Labute approximate surface area is 174 Å². The second kappa shape index (κ2) is 9.83. The highest BCUT2D eigenvalue weighted by Gasteiger charge is 2.38. The van der Waals surface area contributed by atoms with E-state index in [9.17, 15) is 18.0 Å². The molecule has 4 rings (SSSR count). The number of amides is 1. The van der Waals surface area contributed by atoms with Crippen LogP contribution in [0.15, 0.2) is 24.5 Å². The number of carboxylic acid groups (broad SMARTS) is 1. The molecule has 0 spiro atoms. The van der Waals surface area contributed by atoms with Crippen molar-refractivity contribution in [1.29, 1.82) is 0 Å². The van der Waals surface area contributed by atoms with Crippen LogP contribution in [0.3, 0.4) is 0 Å². The lowest BCUT2D eigenvalue weighted by atomic mass is 10.1. The molecule has 0 saturated carbocycles. The number of hydrogen-bond acceptors (Lipinski definition) is 7. The zero-order valence-electron chi connectivity index (χ0n) is 16.2. The fourth-order valence-electron chi connectivity index (χ4n) is 3.02. The normalized spacial score (nSPS) is 20.4. The summed E-state index contributed by atoms with van der Waals surface area (Å²) in [4.78, 5) is 25.0. The van der Waals surface area contributed by atoms with E-state index in [0.29, 0.717) is 32.9 Å². The zero-order chi connectivity index (χ0) is 22.4. The molecule has 1 saturated heterocycles. The molecule has 13 heteroatoms. The number of alkyl halides is 3. The molecule has 0 aromatic carbocycles. The molecule has 2 unspecified atom stereocenters. The number of carbonyl (C=O) groups is 2. The summed E-state index contributed by atoms with van der Waals surface area (Å²) in [6.07, 6.45) is -0.906. The van der Waals surface area contributed by atoms with E-state index in [1.54, 1.807) is 12.4 Å². The van der Waals surface area contributed by atoms with Crippen LogP contribution in [-0.4, -0.2) is 69.0 Å². The molecule has 31 heavy (non-hydrogen) atoms. The monoisotopic (exact) mass is 443 g/mol. The summed E-state index contributed by atoms with van der Waals surface area (Å²) in [5, 5.41) is 18.5. The van der Waals surface area contributed by atoms with Crippen molar-refractivity contribution in [3.05, 3.63) is 30.2 Å². The first-order valence-electron chi connectivity index (χ1n) is 9.35. The number of hydrogen-bond donors (Lipinski definition) is 2. The Hall–Kier alpha value is -3.06. The smallest absolute Gasteiger partial charge is 0.475 e. The van der Waals surface area contributed by atoms with Crippen molar-refractivity contribution >= 4 is 11.9 Å². The predicted octanol–water partition coefficient (Wildman–Crippen LogP) is 1.02. The van der Waals surface area contributed by atoms with Crippen LogP contribution < -0.4 is 5.32 Å². The maximum Gasteiger partial charge on any atom is 0.490 e. The van der Waals surface area contributed by atoms with Gasteiger partial charge in [0.2, 0.25) is 5.91 Å². The number of halogens is 3. The predicted molar refractivity (Wildman–Crippen MR) is 97.5 cm³/mol. The van der Waals surface area contributed by atoms with Crippen molar-refractivity contribution in [2.24, 2.45) is 5.92 Å². The molecule has 2 N–H and O–H groups in total. The minimum absolute atomic E-state index is 0.0345. The van der Waals surface area contributed by atoms with Crippen LogP contribution in [0, 0.1) is 5.92 Å². The third-order valence-corrected chi connectivity index (χ3v) is 4.65. The van der Waals surface area contributed by atoms with Gasteiger partial charge in [0, 0.05) is 31.1 Å². The van der Waals surface area contributed by atoms with Crippen LogP contribution in [-0.2, 0) is 32.2 Å². The molecule has 4 heterocycles. The third kappa shape index (κ3) is 5.98. The highest BCUT2D eigenvalue weighted by Crippen LogP contribution is 2.24. The molecule has 0 aliphatic carbocycles. The fraction of sp³-hybridized carbons (Fsp3) is 0.500. The minimum Gasteiger partial charge on any atom is -0.475 e. The first-order chi connectivity index (χ1) is 14.8. The Kier molecular flexibility index (Phi) is 7.17. The summed E-state index contributed by atoms with van der Waals surface area (Å²) >= 11 is 0. The van der Waals surface area contributed by atoms with Crippen molar-refractivity contribution in [1.82, 2.24) is 25.3 Å². The zero-order valence-corrected chi connectivity index (χ0v) is 16.2. The molecule has 1 amide bonds. The maximum atomic E-state index is 12.0. The molecular weight excluding hydrogens is 423 g/mol. The van der Waals surface area contributed by atoms with Gasteiger partial charge in [0.25, 0.3) is 0 Å². The molecule has 2 atom stereocenters. The van der Waals surface area contributed by atoms with E-state index in [4.69, 9.17) is 19.4 Å². The molecule has 2 aliphatic heterocycles. The Balaban J connectivity index is 0.000000339. The van der Waals surface area contributed by atoms with Crippen LogP contribution in [0.4, 0.5) is 13.2 Å². The van der Waals surface area contributed by atoms with Gasteiger partial charge in [-0.1, -0.05) is 5.21 Å². The summed E-state index contributed by atoms with van der Waals surface area (Å²) in [5.74, 6) is -2.75. The summed E-state index contributed by atoms with van der Waals surface area (Å²) in [7, 11) is 0. The van der Waals surface area contributed by atoms with Gasteiger partial charge in [0.1, 0.15) is 5.69 Å². The third-order valence-electron chi connectivity index (χ3n) is 4.65. The Morgan fingerprint density at radius 1 is 1.35 bits per heavy atom. The number of nitrogens with zero attached hydrogens (tertiary/aromatic N) is 4. The number of carbonyl (C=O) groups excluding carboxylic acids is 1. The summed E-state index contributed by atoms with van der Waals surface area (Å²) in [6.45, 7) is 2.64. The van der Waals surface area contributed by atoms with E-state index in [-0.39, 0.29) is 17.9 Å². The van der Waals surface area contributed by atoms with Gasteiger partial charge in [0.05, 0.1) is 37.5 Å². The van der Waals surface area contributed by atoms with Gasteiger partial charge in [-0.3, -0.25) is 9.78 Å². The van der Waals surface area contributed by atoms with Gasteiger partial charge >= 0.3 is 12.1 Å². The topological polar surface area (TPSA) is 128 Å². The summed E-state index contributed by atoms with van der Waals surface area (Å²) in [5.41, 5.74) is 2.67.